The molecule has 144 valence electrons. The zero-order valence-corrected chi connectivity index (χ0v) is 15.9. The zero-order chi connectivity index (χ0) is 18.4. The Morgan fingerprint density at radius 2 is 1.85 bits per heavy atom. The third kappa shape index (κ3) is 5.04. The van der Waals surface area contributed by atoms with Crippen LogP contribution in [0.4, 0.5) is 0 Å². The van der Waals surface area contributed by atoms with E-state index in [0.29, 0.717) is 23.0 Å². The summed E-state index contributed by atoms with van der Waals surface area (Å²) in [6.07, 6.45) is 0. The van der Waals surface area contributed by atoms with Gasteiger partial charge in [0.25, 0.3) is 0 Å². The molecule has 0 aliphatic heterocycles. The number of methoxy groups -OCH3 is 3. The standard InChI is InChI=1S/C15H22N6O4.ClH/c1-20(15(22)13(16)9-23-2)8-14-17-18-19-21(14)10-5-11(24-3)7-12(6-10)25-4;/h5-7,13H,8-9,16H2,1-4H3;1H. The Hall–Kier alpha value is -2.43. The van der Waals surface area contributed by atoms with Crippen molar-refractivity contribution in [1.29, 1.82) is 0 Å². The Labute approximate surface area is 157 Å². The number of tetrazole rings is 1. The van der Waals surface area contributed by atoms with Crippen molar-refractivity contribution in [2.45, 2.75) is 12.6 Å². The van der Waals surface area contributed by atoms with Crippen molar-refractivity contribution in [2.75, 3.05) is 35.0 Å². The van der Waals surface area contributed by atoms with Gasteiger partial charge in [0.15, 0.2) is 5.82 Å². The monoisotopic (exact) mass is 386 g/mol. The summed E-state index contributed by atoms with van der Waals surface area (Å²) < 4.78 is 16.9. The molecule has 0 bridgehead atoms. The van der Waals surface area contributed by atoms with Gasteiger partial charge in [-0.1, -0.05) is 0 Å². The third-order valence-electron chi connectivity index (χ3n) is 3.53. The van der Waals surface area contributed by atoms with E-state index in [0.717, 1.165) is 0 Å². The molecular weight excluding hydrogens is 364 g/mol. The van der Waals surface area contributed by atoms with Crippen LogP contribution in [0.5, 0.6) is 11.5 Å². The summed E-state index contributed by atoms with van der Waals surface area (Å²) in [5.74, 6) is 1.40. The lowest BCUT2D eigenvalue weighted by atomic mass is 10.2. The van der Waals surface area contributed by atoms with Gasteiger partial charge in [-0.15, -0.1) is 17.5 Å². The van der Waals surface area contributed by atoms with Crippen LogP contribution in [0.25, 0.3) is 5.69 Å². The van der Waals surface area contributed by atoms with Gasteiger partial charge in [-0.25, -0.2) is 0 Å². The summed E-state index contributed by atoms with van der Waals surface area (Å²) in [4.78, 5) is 13.7. The number of benzene rings is 1. The van der Waals surface area contributed by atoms with Crippen LogP contribution >= 0.6 is 12.4 Å². The molecule has 1 atom stereocenters. The number of likely N-dealkylation sites (N-methyl/N-ethyl adjacent to an activating group) is 1. The number of aromatic nitrogens is 4. The number of ether oxygens (including phenoxy) is 3. The van der Waals surface area contributed by atoms with Crippen molar-refractivity contribution in [3.05, 3.63) is 24.0 Å². The zero-order valence-electron chi connectivity index (χ0n) is 15.1. The minimum atomic E-state index is -0.740. The van der Waals surface area contributed by atoms with Gasteiger partial charge in [0.05, 0.1) is 33.1 Å². The normalized spacial score (nSPS) is 11.4. The minimum Gasteiger partial charge on any atom is -0.497 e. The van der Waals surface area contributed by atoms with E-state index in [-0.39, 0.29) is 31.5 Å². The Kier molecular flexibility index (Phi) is 8.23. The second-order valence-corrected chi connectivity index (χ2v) is 5.33. The van der Waals surface area contributed by atoms with E-state index in [2.05, 4.69) is 15.5 Å². The fourth-order valence-corrected chi connectivity index (χ4v) is 2.24. The predicted octanol–water partition coefficient (Wildman–Crippen LogP) is 0.0334. The van der Waals surface area contributed by atoms with Crippen LogP contribution in [0.2, 0.25) is 0 Å². The minimum absolute atomic E-state index is 0. The molecule has 2 aromatic rings. The second-order valence-electron chi connectivity index (χ2n) is 5.33. The van der Waals surface area contributed by atoms with Crippen LogP contribution < -0.4 is 15.2 Å². The molecule has 0 aliphatic carbocycles. The Balaban J connectivity index is 0.00000338. The van der Waals surface area contributed by atoms with Crippen molar-refractivity contribution >= 4 is 18.3 Å². The maximum Gasteiger partial charge on any atom is 0.242 e. The summed E-state index contributed by atoms with van der Waals surface area (Å²) in [5.41, 5.74) is 6.43. The molecule has 0 aliphatic rings. The molecule has 0 radical (unpaired) electrons. The Bertz CT molecular complexity index is 704. The van der Waals surface area contributed by atoms with Gasteiger partial charge in [-0.3, -0.25) is 4.79 Å². The fraction of sp³-hybridized carbons (Fsp3) is 0.467. The molecule has 0 saturated carbocycles. The number of halogens is 1. The van der Waals surface area contributed by atoms with Crippen LogP contribution in [0.3, 0.4) is 0 Å². The van der Waals surface area contributed by atoms with Crippen LogP contribution in [-0.2, 0) is 16.1 Å². The van der Waals surface area contributed by atoms with Crippen molar-refractivity contribution in [3.8, 4) is 17.2 Å². The van der Waals surface area contributed by atoms with E-state index in [1.165, 1.54) is 16.7 Å². The molecule has 26 heavy (non-hydrogen) atoms. The van der Waals surface area contributed by atoms with E-state index in [9.17, 15) is 4.79 Å². The first-order valence-corrected chi connectivity index (χ1v) is 7.50. The topological polar surface area (TPSA) is 118 Å². The van der Waals surface area contributed by atoms with Crippen LogP contribution in [0.1, 0.15) is 5.82 Å². The Morgan fingerprint density at radius 1 is 1.23 bits per heavy atom. The maximum absolute atomic E-state index is 12.2. The molecule has 10 nitrogen and oxygen atoms in total. The number of nitrogens with two attached hydrogens (primary N) is 1. The van der Waals surface area contributed by atoms with E-state index in [1.807, 2.05) is 0 Å². The smallest absolute Gasteiger partial charge is 0.242 e. The predicted molar refractivity (Wildman–Crippen MR) is 95.8 cm³/mol. The van der Waals surface area contributed by atoms with Crippen molar-refractivity contribution in [1.82, 2.24) is 25.1 Å². The molecule has 2 N–H and O–H groups in total. The lowest BCUT2D eigenvalue weighted by molar-refractivity contribution is -0.133. The summed E-state index contributed by atoms with van der Waals surface area (Å²) in [5, 5.41) is 11.7. The number of carbonyl (C=O) groups is 1. The van der Waals surface area contributed by atoms with E-state index < -0.39 is 6.04 Å². The fourth-order valence-electron chi connectivity index (χ4n) is 2.24. The number of nitrogens with zero attached hydrogens (tertiary/aromatic N) is 5. The average Bonchev–Trinajstić information content (AvgIpc) is 3.08. The SMILES string of the molecule is COCC(N)C(=O)N(C)Cc1nnnn1-c1cc(OC)cc(OC)c1.Cl. The largest absolute Gasteiger partial charge is 0.497 e. The quantitative estimate of drug-likeness (QED) is 0.675. The molecule has 1 amide bonds. The number of hydrogen-bond donors (Lipinski definition) is 1. The lowest BCUT2D eigenvalue weighted by Gasteiger charge is -2.20. The van der Waals surface area contributed by atoms with E-state index >= 15 is 0 Å². The van der Waals surface area contributed by atoms with Gasteiger partial charge in [-0.2, -0.15) is 4.68 Å². The first-order chi connectivity index (χ1) is 12.0. The van der Waals surface area contributed by atoms with Crippen molar-refractivity contribution in [3.63, 3.8) is 0 Å². The van der Waals surface area contributed by atoms with Crippen LogP contribution in [0.15, 0.2) is 18.2 Å². The van der Waals surface area contributed by atoms with Crippen molar-refractivity contribution < 1.29 is 19.0 Å². The van der Waals surface area contributed by atoms with Gasteiger partial charge in [0.1, 0.15) is 17.5 Å². The molecular formula is C15H23ClN6O4. The van der Waals surface area contributed by atoms with Crippen LogP contribution in [0, 0.1) is 0 Å². The van der Waals surface area contributed by atoms with E-state index in [1.54, 1.807) is 39.5 Å². The third-order valence-corrected chi connectivity index (χ3v) is 3.53. The van der Waals surface area contributed by atoms with E-state index in [4.69, 9.17) is 19.9 Å². The number of carbonyl (C=O) groups excluding carboxylic acids is 1. The number of hydrogen-bond acceptors (Lipinski definition) is 8. The molecule has 0 spiro atoms. The highest BCUT2D eigenvalue weighted by atomic mass is 35.5. The van der Waals surface area contributed by atoms with Crippen LogP contribution in [-0.4, -0.2) is 72.0 Å². The summed E-state index contributed by atoms with van der Waals surface area (Å²) >= 11 is 0. The molecule has 2 rings (SSSR count). The first kappa shape index (κ1) is 21.6. The molecule has 0 saturated heterocycles. The van der Waals surface area contributed by atoms with Gasteiger partial charge < -0.3 is 24.8 Å². The number of rotatable bonds is 8. The van der Waals surface area contributed by atoms with Gasteiger partial charge in [0, 0.05) is 32.4 Å². The average molecular weight is 387 g/mol. The molecule has 1 unspecified atom stereocenters. The summed E-state index contributed by atoms with van der Waals surface area (Å²) in [6, 6.07) is 4.53. The molecule has 1 aromatic heterocycles. The Morgan fingerprint density at radius 3 is 2.38 bits per heavy atom. The van der Waals surface area contributed by atoms with Gasteiger partial charge >= 0.3 is 0 Å². The number of amides is 1. The highest BCUT2D eigenvalue weighted by Crippen LogP contribution is 2.25. The molecule has 1 heterocycles. The van der Waals surface area contributed by atoms with Gasteiger partial charge in [-0.05, 0) is 10.4 Å². The van der Waals surface area contributed by atoms with Crippen molar-refractivity contribution in [2.24, 2.45) is 5.73 Å². The highest BCUT2D eigenvalue weighted by molar-refractivity contribution is 5.85. The second kappa shape index (κ2) is 9.90. The highest BCUT2D eigenvalue weighted by Gasteiger charge is 2.21. The maximum atomic E-state index is 12.2. The lowest BCUT2D eigenvalue weighted by Crippen LogP contribution is -2.44. The first-order valence-electron chi connectivity index (χ1n) is 7.50. The molecule has 1 aromatic carbocycles. The summed E-state index contributed by atoms with van der Waals surface area (Å²) in [7, 11) is 6.23. The summed E-state index contributed by atoms with van der Waals surface area (Å²) in [6.45, 7) is 0.323. The van der Waals surface area contributed by atoms with Gasteiger partial charge in [0.2, 0.25) is 5.91 Å². The molecule has 0 fully saturated rings. The molecule has 11 heteroatoms.